The van der Waals surface area contributed by atoms with Crippen LogP contribution in [0.4, 0.5) is 0 Å². The average Bonchev–Trinajstić information content (AvgIpc) is 3.32. The molecule has 1 aliphatic rings. The van der Waals surface area contributed by atoms with Crippen LogP contribution in [0.15, 0.2) is 152 Å². The number of benzene rings is 5. The highest BCUT2D eigenvalue weighted by Crippen LogP contribution is 2.62. The molecule has 0 heteroatoms. The summed E-state index contributed by atoms with van der Waals surface area (Å²) in [6.07, 6.45) is 0. The van der Waals surface area contributed by atoms with Crippen LogP contribution in [0.3, 0.4) is 0 Å². The van der Waals surface area contributed by atoms with Crippen molar-refractivity contribution < 1.29 is 0 Å². The minimum atomic E-state index is 0.237. The van der Waals surface area contributed by atoms with Crippen molar-refractivity contribution in [1.29, 1.82) is 0 Å². The van der Waals surface area contributed by atoms with E-state index in [0.29, 0.717) is 0 Å². The SMILES string of the molecule is c1ccc(C2=C(c3ccccc3)C(c3ccccc3)C(c3ccccc3)C2c2ccccc2)cc1. The summed E-state index contributed by atoms with van der Waals surface area (Å²) in [5, 5.41) is 0. The zero-order valence-electron chi connectivity index (χ0n) is 19.7. The van der Waals surface area contributed by atoms with Crippen LogP contribution in [-0.4, -0.2) is 0 Å². The van der Waals surface area contributed by atoms with Crippen LogP contribution < -0.4 is 0 Å². The predicted molar refractivity (Wildman–Crippen MR) is 147 cm³/mol. The summed E-state index contributed by atoms with van der Waals surface area (Å²) in [5.74, 6) is 0.759. The van der Waals surface area contributed by atoms with E-state index in [-0.39, 0.29) is 17.8 Å². The molecule has 0 radical (unpaired) electrons. The van der Waals surface area contributed by atoms with E-state index in [1.165, 1.54) is 39.0 Å². The van der Waals surface area contributed by atoms with Gasteiger partial charge in [0.15, 0.2) is 0 Å². The molecule has 5 aromatic carbocycles. The molecule has 0 nitrogen and oxygen atoms in total. The van der Waals surface area contributed by atoms with E-state index in [0.717, 1.165) is 0 Å². The Hall–Kier alpha value is -4.16. The Labute approximate surface area is 208 Å². The quantitative estimate of drug-likeness (QED) is 0.252. The van der Waals surface area contributed by atoms with E-state index < -0.39 is 0 Å². The van der Waals surface area contributed by atoms with E-state index in [2.05, 4.69) is 152 Å². The maximum Gasteiger partial charge on any atom is 0.0176 e. The maximum atomic E-state index is 2.31. The zero-order valence-corrected chi connectivity index (χ0v) is 19.7. The van der Waals surface area contributed by atoms with Gasteiger partial charge in [-0.2, -0.15) is 0 Å². The summed E-state index contributed by atoms with van der Waals surface area (Å²) < 4.78 is 0. The minimum absolute atomic E-state index is 0.237. The normalized spacial score (nSPS) is 19.6. The molecule has 6 rings (SSSR count). The van der Waals surface area contributed by atoms with Crippen LogP contribution in [0.1, 0.15) is 45.6 Å². The largest absolute Gasteiger partial charge is 0.0622 e. The molecule has 2 atom stereocenters. The molecule has 0 N–H and O–H groups in total. The van der Waals surface area contributed by atoms with E-state index in [9.17, 15) is 0 Å². The third kappa shape index (κ3) is 4.02. The van der Waals surface area contributed by atoms with Crippen LogP contribution in [0, 0.1) is 0 Å². The molecule has 0 spiro atoms. The topological polar surface area (TPSA) is 0 Å². The lowest BCUT2D eigenvalue weighted by Gasteiger charge is -2.29. The first-order valence-electron chi connectivity index (χ1n) is 12.4. The molecule has 35 heavy (non-hydrogen) atoms. The van der Waals surface area contributed by atoms with Gasteiger partial charge in [-0.3, -0.25) is 0 Å². The number of rotatable bonds is 5. The summed E-state index contributed by atoms with van der Waals surface area (Å²) in [4.78, 5) is 0. The van der Waals surface area contributed by atoms with E-state index in [1.54, 1.807) is 0 Å². The van der Waals surface area contributed by atoms with Crippen molar-refractivity contribution in [1.82, 2.24) is 0 Å². The van der Waals surface area contributed by atoms with Gasteiger partial charge in [0.25, 0.3) is 0 Å². The van der Waals surface area contributed by atoms with Crippen molar-refractivity contribution in [2.45, 2.75) is 17.8 Å². The second-order valence-electron chi connectivity index (χ2n) is 9.27. The van der Waals surface area contributed by atoms with Crippen molar-refractivity contribution in [3.8, 4) is 0 Å². The maximum absolute atomic E-state index is 2.31. The summed E-state index contributed by atoms with van der Waals surface area (Å²) in [7, 11) is 0. The van der Waals surface area contributed by atoms with Crippen molar-refractivity contribution >= 4 is 11.1 Å². The van der Waals surface area contributed by atoms with Crippen LogP contribution in [-0.2, 0) is 0 Å². The highest BCUT2D eigenvalue weighted by atomic mass is 14.5. The Morgan fingerprint density at radius 1 is 0.286 bits per heavy atom. The zero-order chi connectivity index (χ0) is 23.5. The lowest BCUT2D eigenvalue weighted by Crippen LogP contribution is -2.14. The average molecular weight is 449 g/mol. The van der Waals surface area contributed by atoms with Crippen LogP contribution in [0.5, 0.6) is 0 Å². The highest BCUT2D eigenvalue weighted by Gasteiger charge is 2.45. The fourth-order valence-electron chi connectivity index (χ4n) is 5.92. The predicted octanol–water partition coefficient (Wildman–Crippen LogP) is 8.96. The third-order valence-electron chi connectivity index (χ3n) is 7.30. The van der Waals surface area contributed by atoms with Gasteiger partial charge in [-0.05, 0) is 39.0 Å². The standard InChI is InChI=1S/C35H28/c1-6-16-26(17-7-1)31-32(27-18-8-2-9-19-27)34(29-22-12-4-13-23-29)35(30-24-14-5-15-25-30)33(31)28-20-10-3-11-21-28/h1-25,31-33H. The van der Waals surface area contributed by atoms with Gasteiger partial charge in [0.2, 0.25) is 0 Å². The Balaban J connectivity index is 1.72. The molecule has 2 unspecified atom stereocenters. The molecular formula is C35H28. The van der Waals surface area contributed by atoms with Crippen LogP contribution in [0.25, 0.3) is 11.1 Å². The Morgan fingerprint density at radius 3 is 0.914 bits per heavy atom. The van der Waals surface area contributed by atoms with Gasteiger partial charge < -0.3 is 0 Å². The third-order valence-corrected chi connectivity index (χ3v) is 7.30. The highest BCUT2D eigenvalue weighted by molar-refractivity contribution is 6.00. The molecule has 0 aliphatic heterocycles. The molecule has 5 aromatic rings. The smallest absolute Gasteiger partial charge is 0.0176 e. The lowest BCUT2D eigenvalue weighted by molar-refractivity contribution is 0.612. The van der Waals surface area contributed by atoms with E-state index in [1.807, 2.05) is 0 Å². The Bertz CT molecular complexity index is 1310. The minimum Gasteiger partial charge on any atom is -0.0622 e. The van der Waals surface area contributed by atoms with E-state index in [4.69, 9.17) is 0 Å². The lowest BCUT2D eigenvalue weighted by atomic mass is 9.73. The molecule has 0 amide bonds. The Morgan fingerprint density at radius 2 is 0.571 bits per heavy atom. The first-order valence-corrected chi connectivity index (χ1v) is 12.4. The summed E-state index contributed by atoms with van der Waals surface area (Å²) in [5.41, 5.74) is 9.60. The van der Waals surface area contributed by atoms with Gasteiger partial charge in [0.1, 0.15) is 0 Å². The van der Waals surface area contributed by atoms with Gasteiger partial charge in [0.05, 0.1) is 0 Å². The summed E-state index contributed by atoms with van der Waals surface area (Å²) in [6.45, 7) is 0. The molecule has 168 valence electrons. The number of allylic oxidation sites excluding steroid dienone is 2. The molecule has 0 saturated carbocycles. The van der Waals surface area contributed by atoms with Crippen molar-refractivity contribution in [2.75, 3.05) is 0 Å². The number of hydrogen-bond acceptors (Lipinski definition) is 0. The van der Waals surface area contributed by atoms with Crippen molar-refractivity contribution in [2.24, 2.45) is 0 Å². The van der Waals surface area contributed by atoms with Gasteiger partial charge >= 0.3 is 0 Å². The monoisotopic (exact) mass is 448 g/mol. The second kappa shape index (κ2) is 9.60. The molecule has 0 heterocycles. The van der Waals surface area contributed by atoms with Gasteiger partial charge in [0, 0.05) is 17.8 Å². The van der Waals surface area contributed by atoms with Crippen molar-refractivity contribution in [3.63, 3.8) is 0 Å². The molecule has 1 aliphatic carbocycles. The van der Waals surface area contributed by atoms with Crippen molar-refractivity contribution in [3.05, 3.63) is 179 Å². The van der Waals surface area contributed by atoms with Crippen LogP contribution in [0.2, 0.25) is 0 Å². The summed E-state index contributed by atoms with van der Waals surface area (Å²) in [6, 6.07) is 55.3. The summed E-state index contributed by atoms with van der Waals surface area (Å²) >= 11 is 0. The number of hydrogen-bond donors (Lipinski definition) is 0. The second-order valence-corrected chi connectivity index (χ2v) is 9.27. The fourth-order valence-corrected chi connectivity index (χ4v) is 5.92. The van der Waals surface area contributed by atoms with Crippen LogP contribution >= 0.6 is 0 Å². The van der Waals surface area contributed by atoms with Gasteiger partial charge in [-0.15, -0.1) is 0 Å². The van der Waals surface area contributed by atoms with Gasteiger partial charge in [-0.1, -0.05) is 152 Å². The first kappa shape index (κ1) is 21.4. The molecule has 0 saturated heterocycles. The molecular weight excluding hydrogens is 420 g/mol. The molecule has 0 fully saturated rings. The first-order chi connectivity index (χ1) is 17.4. The molecule has 0 aromatic heterocycles. The molecule has 0 bridgehead atoms. The van der Waals surface area contributed by atoms with Gasteiger partial charge in [-0.25, -0.2) is 0 Å². The Kier molecular flexibility index (Phi) is 5.87. The fraction of sp³-hybridized carbons (Fsp3) is 0.0857. The van der Waals surface area contributed by atoms with E-state index >= 15 is 0 Å².